The summed E-state index contributed by atoms with van der Waals surface area (Å²) in [6.07, 6.45) is 3.48. The lowest BCUT2D eigenvalue weighted by Gasteiger charge is -2.35. The van der Waals surface area contributed by atoms with Crippen molar-refractivity contribution in [3.63, 3.8) is 0 Å². The Morgan fingerprint density at radius 2 is 1.93 bits per heavy atom. The predicted molar refractivity (Wildman–Crippen MR) is 64.7 cm³/mol. The van der Waals surface area contributed by atoms with Gasteiger partial charge in [0, 0.05) is 18.6 Å². The van der Waals surface area contributed by atoms with Crippen molar-refractivity contribution in [2.45, 2.75) is 26.3 Å². The van der Waals surface area contributed by atoms with Gasteiger partial charge < -0.3 is 10.2 Å². The number of carbonyl (C=O) groups excluding carboxylic acids is 1. The maximum Gasteiger partial charge on any atom is 0.237 e. The van der Waals surface area contributed by atoms with Gasteiger partial charge in [0.2, 0.25) is 5.91 Å². The van der Waals surface area contributed by atoms with E-state index in [9.17, 15) is 4.79 Å². The molecule has 0 aromatic heterocycles. The van der Waals surface area contributed by atoms with Crippen molar-refractivity contribution in [3.05, 3.63) is 25.3 Å². The van der Waals surface area contributed by atoms with Gasteiger partial charge in [-0.15, -0.1) is 13.2 Å². The first-order valence-corrected chi connectivity index (χ1v) is 5.16. The van der Waals surface area contributed by atoms with E-state index in [0.717, 1.165) is 0 Å². The maximum absolute atomic E-state index is 11.8. The van der Waals surface area contributed by atoms with E-state index in [2.05, 4.69) is 18.5 Å². The third-order valence-corrected chi connectivity index (χ3v) is 1.99. The Bertz CT molecular complexity index is 228. The van der Waals surface area contributed by atoms with Crippen molar-refractivity contribution in [2.24, 2.45) is 0 Å². The second kappa shape index (κ2) is 6.40. The Balaban J connectivity index is 4.29. The van der Waals surface area contributed by atoms with E-state index in [1.807, 2.05) is 20.8 Å². The van der Waals surface area contributed by atoms with E-state index < -0.39 is 0 Å². The fourth-order valence-corrected chi connectivity index (χ4v) is 1.26. The van der Waals surface area contributed by atoms with Gasteiger partial charge in [0.05, 0.1) is 6.54 Å². The Morgan fingerprint density at radius 3 is 2.33 bits per heavy atom. The monoisotopic (exact) mass is 210 g/mol. The van der Waals surface area contributed by atoms with Crippen molar-refractivity contribution in [3.8, 4) is 0 Å². The molecule has 0 aliphatic rings. The topological polar surface area (TPSA) is 32.3 Å². The maximum atomic E-state index is 11.8. The molecule has 0 radical (unpaired) electrons. The second-order valence-corrected chi connectivity index (χ2v) is 4.38. The molecule has 1 N–H and O–H groups in total. The molecule has 0 aliphatic heterocycles. The summed E-state index contributed by atoms with van der Waals surface area (Å²) in [5.74, 6) is 0.0873. The molecule has 0 aromatic carbocycles. The van der Waals surface area contributed by atoms with Crippen LogP contribution >= 0.6 is 0 Å². The number of nitrogens with one attached hydrogen (secondary N) is 1. The van der Waals surface area contributed by atoms with E-state index in [0.29, 0.717) is 19.6 Å². The SMILES string of the molecule is C=CCNCC(=O)N(CC=C)C(C)(C)C. The van der Waals surface area contributed by atoms with Crippen molar-refractivity contribution in [1.29, 1.82) is 0 Å². The van der Waals surface area contributed by atoms with Crippen LogP contribution in [0.4, 0.5) is 0 Å². The zero-order valence-corrected chi connectivity index (χ0v) is 10.0. The Kier molecular flexibility index (Phi) is 5.94. The third-order valence-electron chi connectivity index (χ3n) is 1.99. The molecule has 0 aromatic rings. The molecule has 0 rings (SSSR count). The summed E-state index contributed by atoms with van der Waals surface area (Å²) in [6, 6.07) is 0. The largest absolute Gasteiger partial charge is 0.333 e. The van der Waals surface area contributed by atoms with Crippen LogP contribution in [0, 0.1) is 0 Å². The highest BCUT2D eigenvalue weighted by Crippen LogP contribution is 2.12. The van der Waals surface area contributed by atoms with Gasteiger partial charge in [-0.3, -0.25) is 4.79 Å². The van der Waals surface area contributed by atoms with Crippen LogP contribution in [0.2, 0.25) is 0 Å². The summed E-state index contributed by atoms with van der Waals surface area (Å²) in [5, 5.41) is 3.00. The van der Waals surface area contributed by atoms with Crippen molar-refractivity contribution in [1.82, 2.24) is 10.2 Å². The molecule has 0 unspecified atom stereocenters. The van der Waals surface area contributed by atoms with Gasteiger partial charge in [0.1, 0.15) is 0 Å². The van der Waals surface area contributed by atoms with Gasteiger partial charge in [-0.2, -0.15) is 0 Å². The van der Waals surface area contributed by atoms with Crippen molar-refractivity contribution in [2.75, 3.05) is 19.6 Å². The number of nitrogens with zero attached hydrogens (tertiary/aromatic N) is 1. The van der Waals surface area contributed by atoms with Crippen LogP contribution in [-0.2, 0) is 4.79 Å². The van der Waals surface area contributed by atoms with Crippen LogP contribution in [0.3, 0.4) is 0 Å². The normalized spacial score (nSPS) is 10.9. The predicted octanol–water partition coefficient (Wildman–Crippen LogP) is 1.58. The van der Waals surface area contributed by atoms with E-state index >= 15 is 0 Å². The summed E-state index contributed by atoms with van der Waals surface area (Å²) in [7, 11) is 0. The first-order chi connectivity index (χ1) is 6.93. The van der Waals surface area contributed by atoms with Gasteiger partial charge >= 0.3 is 0 Å². The molecular formula is C12H22N2O. The highest BCUT2D eigenvalue weighted by Gasteiger charge is 2.24. The number of rotatable bonds is 6. The lowest BCUT2D eigenvalue weighted by Crippen LogP contribution is -2.49. The third kappa shape index (κ3) is 5.37. The van der Waals surface area contributed by atoms with Crippen LogP contribution in [0.25, 0.3) is 0 Å². The number of hydrogen-bond acceptors (Lipinski definition) is 2. The first-order valence-electron chi connectivity index (χ1n) is 5.16. The number of hydrogen-bond donors (Lipinski definition) is 1. The molecule has 3 nitrogen and oxygen atoms in total. The van der Waals surface area contributed by atoms with E-state index in [4.69, 9.17) is 0 Å². The molecule has 0 atom stereocenters. The summed E-state index contributed by atoms with van der Waals surface area (Å²) in [6.45, 7) is 14.9. The molecule has 0 fully saturated rings. The van der Waals surface area contributed by atoms with Gasteiger partial charge in [-0.1, -0.05) is 12.2 Å². The highest BCUT2D eigenvalue weighted by atomic mass is 16.2. The fourth-order valence-electron chi connectivity index (χ4n) is 1.26. The molecule has 15 heavy (non-hydrogen) atoms. The average molecular weight is 210 g/mol. The molecule has 86 valence electrons. The van der Waals surface area contributed by atoms with E-state index in [1.54, 1.807) is 17.1 Å². The highest BCUT2D eigenvalue weighted by molar-refractivity contribution is 5.79. The Morgan fingerprint density at radius 1 is 1.33 bits per heavy atom. The summed E-state index contributed by atoms with van der Waals surface area (Å²) >= 11 is 0. The lowest BCUT2D eigenvalue weighted by molar-refractivity contribution is -0.134. The van der Waals surface area contributed by atoms with Crippen LogP contribution < -0.4 is 5.32 Å². The molecule has 0 heterocycles. The Hall–Kier alpha value is -1.09. The van der Waals surface area contributed by atoms with Crippen LogP contribution in [0.15, 0.2) is 25.3 Å². The Labute approximate surface area is 92.8 Å². The zero-order valence-electron chi connectivity index (χ0n) is 10.0. The van der Waals surface area contributed by atoms with E-state index in [-0.39, 0.29) is 11.4 Å². The standard InChI is InChI=1S/C12H22N2O/c1-6-8-13-10-11(15)14(9-7-2)12(3,4)5/h6-7,13H,1-2,8-10H2,3-5H3. The second-order valence-electron chi connectivity index (χ2n) is 4.38. The first kappa shape index (κ1) is 13.9. The van der Waals surface area contributed by atoms with Gasteiger partial charge in [0.15, 0.2) is 0 Å². The average Bonchev–Trinajstić information content (AvgIpc) is 2.12. The molecule has 1 amide bonds. The van der Waals surface area contributed by atoms with Crippen LogP contribution in [0.5, 0.6) is 0 Å². The van der Waals surface area contributed by atoms with Crippen LogP contribution in [-0.4, -0.2) is 36.0 Å². The van der Waals surface area contributed by atoms with Gasteiger partial charge in [-0.05, 0) is 20.8 Å². The molecular weight excluding hydrogens is 188 g/mol. The zero-order chi connectivity index (χ0) is 11.9. The molecule has 3 heteroatoms. The van der Waals surface area contributed by atoms with Crippen LogP contribution in [0.1, 0.15) is 20.8 Å². The quantitative estimate of drug-likeness (QED) is 0.533. The molecule has 0 spiro atoms. The minimum atomic E-state index is -0.166. The number of amides is 1. The molecule has 0 aliphatic carbocycles. The van der Waals surface area contributed by atoms with E-state index in [1.165, 1.54) is 0 Å². The summed E-state index contributed by atoms with van der Waals surface area (Å²) in [4.78, 5) is 13.6. The minimum absolute atomic E-state index is 0.0873. The van der Waals surface area contributed by atoms with Gasteiger partial charge in [0.25, 0.3) is 0 Å². The van der Waals surface area contributed by atoms with Gasteiger partial charge in [-0.25, -0.2) is 0 Å². The molecule has 0 saturated heterocycles. The lowest BCUT2D eigenvalue weighted by atomic mass is 10.1. The summed E-state index contributed by atoms with van der Waals surface area (Å²) < 4.78 is 0. The smallest absolute Gasteiger partial charge is 0.237 e. The molecule has 0 saturated carbocycles. The number of carbonyl (C=O) groups is 1. The summed E-state index contributed by atoms with van der Waals surface area (Å²) in [5.41, 5.74) is -0.166. The van der Waals surface area contributed by atoms with Crippen molar-refractivity contribution >= 4 is 5.91 Å². The molecule has 0 bridgehead atoms. The fraction of sp³-hybridized carbons (Fsp3) is 0.583. The minimum Gasteiger partial charge on any atom is -0.333 e. The van der Waals surface area contributed by atoms with Crippen molar-refractivity contribution < 1.29 is 4.79 Å².